The van der Waals surface area contributed by atoms with Crippen LogP contribution in [0.3, 0.4) is 0 Å². The van der Waals surface area contributed by atoms with Crippen LogP contribution in [0.5, 0.6) is 0 Å². The molecule has 0 spiro atoms. The molecule has 6 nitrogen and oxygen atoms in total. The Morgan fingerprint density at radius 1 is 1.15 bits per heavy atom. The SMILES string of the molecule is Nc1nc(C(=O)N2Cc3ccccc3C2)c2cc(C#CCCO)ccc2n1. The molecule has 2 heterocycles. The highest BCUT2D eigenvalue weighted by atomic mass is 16.2. The molecule has 0 fully saturated rings. The molecule has 0 bridgehead atoms. The van der Waals surface area contributed by atoms with Crippen molar-refractivity contribution in [2.45, 2.75) is 19.5 Å². The average Bonchev–Trinajstić information content (AvgIpc) is 3.11. The summed E-state index contributed by atoms with van der Waals surface area (Å²) < 4.78 is 0. The van der Waals surface area contributed by atoms with Crippen LogP contribution in [0.4, 0.5) is 5.95 Å². The highest BCUT2D eigenvalue weighted by Gasteiger charge is 2.26. The number of carbonyl (C=O) groups is 1. The van der Waals surface area contributed by atoms with Gasteiger partial charge in [0.15, 0.2) is 0 Å². The van der Waals surface area contributed by atoms with Crippen molar-refractivity contribution in [3.63, 3.8) is 0 Å². The minimum absolute atomic E-state index is 0.0134. The van der Waals surface area contributed by atoms with Gasteiger partial charge in [-0.05, 0) is 29.3 Å². The van der Waals surface area contributed by atoms with Crippen LogP contribution in [0.1, 0.15) is 33.6 Å². The van der Waals surface area contributed by atoms with E-state index >= 15 is 0 Å². The molecule has 134 valence electrons. The number of aliphatic hydroxyl groups is 1. The summed E-state index contributed by atoms with van der Waals surface area (Å²) in [4.78, 5) is 23.4. The van der Waals surface area contributed by atoms with Crippen LogP contribution in [-0.4, -0.2) is 32.5 Å². The number of anilines is 1. The second kappa shape index (κ2) is 7.06. The van der Waals surface area contributed by atoms with Gasteiger partial charge in [-0.15, -0.1) is 0 Å². The van der Waals surface area contributed by atoms with E-state index < -0.39 is 0 Å². The first-order valence-corrected chi connectivity index (χ1v) is 8.69. The van der Waals surface area contributed by atoms with Crippen LogP contribution < -0.4 is 5.73 Å². The number of rotatable bonds is 2. The molecule has 3 N–H and O–H groups in total. The van der Waals surface area contributed by atoms with E-state index in [1.54, 1.807) is 17.0 Å². The van der Waals surface area contributed by atoms with Gasteiger partial charge in [-0.25, -0.2) is 9.97 Å². The molecule has 0 aliphatic carbocycles. The number of nitrogens with two attached hydrogens (primary N) is 1. The number of aromatic nitrogens is 2. The fourth-order valence-corrected chi connectivity index (χ4v) is 3.23. The van der Waals surface area contributed by atoms with Crippen molar-refractivity contribution < 1.29 is 9.90 Å². The van der Waals surface area contributed by atoms with Crippen LogP contribution in [0.25, 0.3) is 10.9 Å². The van der Waals surface area contributed by atoms with Crippen molar-refractivity contribution in [3.05, 3.63) is 64.8 Å². The van der Waals surface area contributed by atoms with Crippen molar-refractivity contribution in [3.8, 4) is 11.8 Å². The summed E-state index contributed by atoms with van der Waals surface area (Å²) in [7, 11) is 0. The number of carbonyl (C=O) groups excluding carboxylic acids is 1. The zero-order valence-electron chi connectivity index (χ0n) is 14.6. The number of hydrogen-bond donors (Lipinski definition) is 2. The maximum atomic E-state index is 13.2. The van der Waals surface area contributed by atoms with Gasteiger partial charge in [0, 0.05) is 30.5 Å². The number of hydrogen-bond acceptors (Lipinski definition) is 5. The third-order valence-electron chi connectivity index (χ3n) is 4.51. The lowest BCUT2D eigenvalue weighted by atomic mass is 10.1. The van der Waals surface area contributed by atoms with Crippen molar-refractivity contribution >= 4 is 22.8 Å². The molecule has 1 aliphatic heterocycles. The molecule has 0 unspecified atom stereocenters. The molecule has 1 aliphatic rings. The van der Waals surface area contributed by atoms with Gasteiger partial charge in [-0.2, -0.15) is 0 Å². The third kappa shape index (κ3) is 3.33. The number of aliphatic hydroxyl groups excluding tert-OH is 1. The standard InChI is InChI=1S/C21H18N4O2/c22-21-23-18-9-8-14(5-3-4-10-26)11-17(18)19(24-21)20(27)25-12-15-6-1-2-7-16(15)13-25/h1-2,6-9,11,26H,4,10,12-13H2,(H2,22,23,24). The van der Waals surface area contributed by atoms with Crippen LogP contribution in [0, 0.1) is 11.8 Å². The van der Waals surface area contributed by atoms with E-state index in [2.05, 4.69) is 21.8 Å². The van der Waals surface area contributed by atoms with E-state index in [0.29, 0.717) is 30.4 Å². The summed E-state index contributed by atoms with van der Waals surface area (Å²) in [5.41, 5.74) is 9.76. The van der Waals surface area contributed by atoms with E-state index in [9.17, 15) is 4.79 Å². The minimum Gasteiger partial charge on any atom is -0.395 e. The van der Waals surface area contributed by atoms with Gasteiger partial charge in [0.25, 0.3) is 5.91 Å². The number of nitrogen functional groups attached to an aromatic ring is 1. The van der Waals surface area contributed by atoms with Crippen LogP contribution in [0.15, 0.2) is 42.5 Å². The zero-order valence-corrected chi connectivity index (χ0v) is 14.6. The fraction of sp³-hybridized carbons (Fsp3) is 0.190. The monoisotopic (exact) mass is 358 g/mol. The summed E-state index contributed by atoms with van der Waals surface area (Å²) >= 11 is 0. The fourth-order valence-electron chi connectivity index (χ4n) is 3.23. The van der Waals surface area contributed by atoms with E-state index in [0.717, 1.165) is 16.7 Å². The Hall–Kier alpha value is -3.43. The van der Waals surface area contributed by atoms with E-state index in [1.165, 1.54) is 0 Å². The van der Waals surface area contributed by atoms with Crippen LogP contribution >= 0.6 is 0 Å². The van der Waals surface area contributed by atoms with Crippen LogP contribution in [0.2, 0.25) is 0 Å². The molecule has 4 rings (SSSR count). The predicted octanol–water partition coefficient (Wildman–Crippen LogP) is 2.10. The molecule has 0 atom stereocenters. The summed E-state index contributed by atoms with van der Waals surface area (Å²) in [5, 5.41) is 9.50. The molecule has 27 heavy (non-hydrogen) atoms. The van der Waals surface area contributed by atoms with Crippen molar-refractivity contribution in [1.29, 1.82) is 0 Å². The molecule has 0 saturated heterocycles. The molecule has 2 aromatic carbocycles. The smallest absolute Gasteiger partial charge is 0.273 e. The minimum atomic E-state index is -0.175. The highest BCUT2D eigenvalue weighted by molar-refractivity contribution is 6.05. The van der Waals surface area contributed by atoms with Gasteiger partial charge in [0.1, 0.15) is 5.69 Å². The Bertz CT molecular complexity index is 1070. The number of nitrogens with zero attached hydrogens (tertiary/aromatic N) is 3. The van der Waals surface area contributed by atoms with Gasteiger partial charge in [-0.3, -0.25) is 4.79 Å². The van der Waals surface area contributed by atoms with Crippen molar-refractivity contribution in [2.24, 2.45) is 0 Å². The predicted molar refractivity (Wildman–Crippen MR) is 103 cm³/mol. The zero-order chi connectivity index (χ0) is 18.8. The van der Waals surface area contributed by atoms with Gasteiger partial charge in [-0.1, -0.05) is 36.1 Å². The molecular weight excluding hydrogens is 340 g/mol. The Labute approximate surface area is 156 Å². The maximum Gasteiger partial charge on any atom is 0.273 e. The first-order chi connectivity index (χ1) is 13.2. The summed E-state index contributed by atoms with van der Waals surface area (Å²) in [6.07, 6.45) is 0.397. The Morgan fingerprint density at radius 3 is 2.59 bits per heavy atom. The molecule has 1 amide bonds. The van der Waals surface area contributed by atoms with Gasteiger partial charge >= 0.3 is 0 Å². The number of fused-ring (bicyclic) bond motifs is 2. The summed E-state index contributed by atoms with van der Waals surface area (Å²) in [6, 6.07) is 13.4. The third-order valence-corrected chi connectivity index (χ3v) is 4.51. The largest absolute Gasteiger partial charge is 0.395 e. The van der Waals surface area contributed by atoms with Crippen LogP contribution in [-0.2, 0) is 13.1 Å². The van der Waals surface area contributed by atoms with Gasteiger partial charge in [0.2, 0.25) is 5.95 Å². The Kier molecular flexibility index (Phi) is 4.45. The van der Waals surface area contributed by atoms with E-state index in [-0.39, 0.29) is 24.2 Å². The molecule has 3 aromatic rings. The van der Waals surface area contributed by atoms with Gasteiger partial charge < -0.3 is 15.7 Å². The average molecular weight is 358 g/mol. The second-order valence-corrected chi connectivity index (χ2v) is 6.37. The van der Waals surface area contributed by atoms with Crippen molar-refractivity contribution in [2.75, 3.05) is 12.3 Å². The Balaban J connectivity index is 1.73. The first-order valence-electron chi connectivity index (χ1n) is 8.69. The number of benzene rings is 2. The van der Waals surface area contributed by atoms with Crippen molar-refractivity contribution in [1.82, 2.24) is 14.9 Å². The molecule has 6 heteroatoms. The highest BCUT2D eigenvalue weighted by Crippen LogP contribution is 2.26. The lowest BCUT2D eigenvalue weighted by Gasteiger charge is -2.16. The molecule has 1 aromatic heterocycles. The summed E-state index contributed by atoms with van der Waals surface area (Å²) in [5.74, 6) is 5.76. The van der Waals surface area contributed by atoms with Gasteiger partial charge in [0.05, 0.1) is 12.1 Å². The normalized spacial score (nSPS) is 12.6. The number of amides is 1. The molecular formula is C21H18N4O2. The maximum absolute atomic E-state index is 13.2. The quantitative estimate of drug-likeness (QED) is 0.685. The van der Waals surface area contributed by atoms with E-state index in [4.69, 9.17) is 10.8 Å². The molecule has 0 saturated carbocycles. The summed E-state index contributed by atoms with van der Waals surface area (Å²) in [6.45, 7) is 1.12. The lowest BCUT2D eigenvalue weighted by Crippen LogP contribution is -2.27. The Morgan fingerprint density at radius 2 is 1.89 bits per heavy atom. The molecule has 0 radical (unpaired) electrons. The van der Waals surface area contributed by atoms with E-state index in [1.807, 2.05) is 30.3 Å². The lowest BCUT2D eigenvalue weighted by molar-refractivity contribution is 0.0747. The topological polar surface area (TPSA) is 92.3 Å². The first kappa shape index (κ1) is 17.0. The second-order valence-electron chi connectivity index (χ2n) is 6.37.